The van der Waals surface area contributed by atoms with E-state index in [2.05, 4.69) is 48.6 Å². The third kappa shape index (κ3) is 340. The van der Waals surface area contributed by atoms with Crippen molar-refractivity contribution in [2.75, 3.05) is 0 Å². The molecule has 12 heteroatoms. The summed E-state index contributed by atoms with van der Waals surface area (Å²) in [5.74, 6) is 10.2. The topological polar surface area (TPSA) is 81.7 Å². The van der Waals surface area contributed by atoms with E-state index in [0.717, 1.165) is 71.6 Å². The average Bonchev–Trinajstić information content (AvgIpc) is 2.69. The molecule has 0 radical (unpaired) electrons. The second-order valence-corrected chi connectivity index (χ2v) is 15.4. The van der Waals surface area contributed by atoms with Gasteiger partial charge in [0.05, 0.1) is 0 Å². The summed E-state index contributed by atoms with van der Waals surface area (Å²) >= 11 is 8.24. The molecule has 0 rings (SSSR count). The van der Waals surface area contributed by atoms with E-state index in [4.69, 9.17) is 20.5 Å². The Hall–Kier alpha value is 3.40. The van der Waals surface area contributed by atoms with Gasteiger partial charge in [-0.1, -0.05) is 36.1 Å². The second-order valence-electron chi connectivity index (χ2n) is 0.924. The fourth-order valence-corrected chi connectivity index (χ4v) is 0. The summed E-state index contributed by atoms with van der Waals surface area (Å²) in [6, 6.07) is 0. The number of rotatable bonds is 1. The van der Waals surface area contributed by atoms with Gasteiger partial charge in [0.25, 0.3) is 0 Å². The van der Waals surface area contributed by atoms with Crippen molar-refractivity contribution in [1.82, 2.24) is 0 Å². The molecule has 0 fully saturated rings. The minimum Gasteiger partial charge on any atom is -0.0626 e. The van der Waals surface area contributed by atoms with Gasteiger partial charge in [0, 0.05) is 9.93 Å². The minimum absolute atomic E-state index is 0. The van der Waals surface area contributed by atoms with Crippen molar-refractivity contribution in [3.8, 4) is 9.94 Å². The van der Waals surface area contributed by atoms with Gasteiger partial charge in [0.15, 0.2) is 0 Å². The summed E-state index contributed by atoms with van der Waals surface area (Å²) in [5.41, 5.74) is 0.410. The summed E-state index contributed by atoms with van der Waals surface area (Å²) in [6.07, 6.45) is 0. The Labute approximate surface area is 215 Å². The number of nitrogens with zero attached hydrogens (tertiary/aromatic N) is 2. The first kappa shape index (κ1) is 56.3. The third-order valence-corrected chi connectivity index (χ3v) is 6.93. The molecule has 0 atom stereocenters. The van der Waals surface area contributed by atoms with E-state index in [1.165, 1.54) is 0 Å². The van der Waals surface area contributed by atoms with Crippen LogP contribution in [0.1, 0.15) is 27.7 Å². The molecule has 0 unspecified atom stereocenters. The van der Waals surface area contributed by atoms with E-state index < -0.39 is 0 Å². The van der Waals surface area contributed by atoms with Crippen LogP contribution in [-0.4, -0.2) is 133 Å². The monoisotopic (exact) mass is 753 g/mol. The van der Waals surface area contributed by atoms with Crippen molar-refractivity contribution in [3.05, 3.63) is 9.93 Å². The zero-order valence-electron chi connectivity index (χ0n) is 15.2. The molecule has 0 aliphatic rings. The van der Waals surface area contributed by atoms with Gasteiger partial charge < -0.3 is 0 Å². The van der Waals surface area contributed by atoms with Gasteiger partial charge in [-0.3, -0.25) is 0 Å². The molecular formula is C11H31BKN2O2Se6-3. The van der Waals surface area contributed by atoms with Crippen molar-refractivity contribution < 1.29 is 0 Å². The molecule has 0 aromatic heterocycles. The molecule has 0 bridgehead atoms. The van der Waals surface area contributed by atoms with Crippen molar-refractivity contribution in [2.24, 2.45) is 0 Å². The first-order valence-corrected chi connectivity index (χ1v) is 28.6. The molecule has 140 valence electrons. The molecule has 0 heterocycles. The van der Waals surface area contributed by atoms with Gasteiger partial charge in [0.1, 0.15) is 0 Å². The fourth-order valence-electron chi connectivity index (χ4n) is 0. The maximum Gasteiger partial charge on any atom is 0 e. The molecule has 23 heavy (non-hydrogen) atoms. The maximum atomic E-state index is 7.70. The Bertz CT molecular complexity index is 150. The Morgan fingerprint density at radius 1 is 0.783 bits per heavy atom. The van der Waals surface area contributed by atoms with Gasteiger partial charge >= 0.3 is 174 Å². The Morgan fingerprint density at radius 2 is 0.913 bits per heavy atom. The van der Waals surface area contributed by atoms with Gasteiger partial charge in [0.2, 0.25) is 0 Å². The van der Waals surface area contributed by atoms with E-state index >= 15 is 0 Å². The van der Waals surface area contributed by atoms with Crippen molar-refractivity contribution in [1.29, 1.82) is 10.5 Å². The second kappa shape index (κ2) is 171. The summed E-state index contributed by atoms with van der Waals surface area (Å²) in [4.78, 5) is 18.1. The molecule has 0 aromatic rings. The number of nitriles is 2. The summed E-state index contributed by atoms with van der Waals surface area (Å²) in [7, 11) is 0. The first-order valence-electron chi connectivity index (χ1n) is 5.64. The summed E-state index contributed by atoms with van der Waals surface area (Å²) in [6.45, 7) is 8.00. The maximum absolute atomic E-state index is 7.70. The van der Waals surface area contributed by atoms with Crippen LogP contribution in [0.2, 0.25) is 29.1 Å². The van der Waals surface area contributed by atoms with Crippen molar-refractivity contribution in [3.63, 3.8) is 0 Å². The van der Waals surface area contributed by atoms with Crippen LogP contribution in [0.4, 0.5) is 0 Å². The van der Waals surface area contributed by atoms with Crippen LogP contribution >= 0.6 is 0 Å². The molecule has 0 saturated heterocycles. The smallest absolute Gasteiger partial charge is 0 e. The number of hydrogen-bond acceptors (Lipinski definition) is 4. The van der Waals surface area contributed by atoms with Crippen LogP contribution in [0, 0.1) is 30.4 Å². The normalized spacial score (nSPS) is 4.30. The number of hydrogen-bond donors (Lipinski definition) is 0. The van der Waals surface area contributed by atoms with E-state index in [1.54, 1.807) is 0 Å². The molecule has 0 spiro atoms. The van der Waals surface area contributed by atoms with E-state index in [-0.39, 0.29) is 23.4 Å². The summed E-state index contributed by atoms with van der Waals surface area (Å²) < 4.78 is 0. The zero-order chi connectivity index (χ0) is 20.2. The molecule has 0 saturated carbocycles. The van der Waals surface area contributed by atoms with Gasteiger partial charge in [-0.2, -0.15) is 0 Å². The SMILES string of the molecule is CC.CC.C[Se-].C[Se-].C[Se]C#N.C[Se][Se]C.N#C[Se][K].O=O.[BH4-]. The predicted octanol–water partition coefficient (Wildman–Crippen LogP) is 0.955. The molecule has 4 nitrogen and oxygen atoms in total. The van der Waals surface area contributed by atoms with E-state index in [9.17, 15) is 0 Å². The zero-order valence-corrected chi connectivity index (χ0v) is 28.6. The van der Waals surface area contributed by atoms with Crippen molar-refractivity contribution >= 4 is 133 Å². The Kier molecular flexibility index (Phi) is 419. The van der Waals surface area contributed by atoms with Crippen LogP contribution in [0.25, 0.3) is 0 Å². The Morgan fingerprint density at radius 3 is 0.913 bits per heavy atom. The largest absolute Gasteiger partial charge is 0.0626 e. The molecule has 0 aliphatic heterocycles. The van der Waals surface area contributed by atoms with Crippen LogP contribution in [0.3, 0.4) is 0 Å². The molecule has 0 aromatic carbocycles. The fraction of sp³-hybridized carbons (Fsp3) is 0.818. The average molecular weight is 747 g/mol. The molecule has 0 aliphatic carbocycles. The van der Waals surface area contributed by atoms with Gasteiger partial charge in [-0.25, -0.2) is 0 Å². The molecule has 0 amide bonds. The van der Waals surface area contributed by atoms with Gasteiger partial charge in [-0.05, 0) is 0 Å². The summed E-state index contributed by atoms with van der Waals surface area (Å²) in [5, 5.41) is 15.4. The van der Waals surface area contributed by atoms with Crippen LogP contribution in [0.5, 0.6) is 0 Å². The van der Waals surface area contributed by atoms with Crippen molar-refractivity contribution in [2.45, 2.75) is 56.8 Å². The van der Waals surface area contributed by atoms with E-state index in [0.29, 0.717) is 5.60 Å². The quantitative estimate of drug-likeness (QED) is 0.375. The van der Waals surface area contributed by atoms with Crippen LogP contribution in [0.15, 0.2) is 0 Å². The molecular weight excluding hydrogens is 716 g/mol. The predicted molar refractivity (Wildman–Crippen MR) is 122 cm³/mol. The van der Waals surface area contributed by atoms with Crippen LogP contribution < -0.4 is 0 Å². The molecule has 0 N–H and O–H groups in total. The first-order chi connectivity index (χ1) is 10.7. The standard InChI is InChI=1S/C2H3NSe.C2H6Se2.2C2H6.CHNSe.2CH4Se.BH4.K.O2/c1-4-2-3;1-3-4-2;2*1-2;2-1-3;2*1-2;;;1-2/h1H3;1-2H3;2*1-2H3;3H;2*2H,1H3;1H4;;/q;;;;;;;-1;+1;/p-3. The van der Waals surface area contributed by atoms with Gasteiger partial charge in [-0.15, -0.1) is 0 Å². The van der Waals surface area contributed by atoms with E-state index in [1.807, 2.05) is 50.1 Å². The van der Waals surface area contributed by atoms with Crippen LogP contribution in [-0.2, 0) is 0 Å². The minimum atomic E-state index is 0. The Balaban J connectivity index is -0.0000000142. The third-order valence-electron chi connectivity index (χ3n) is 0.349.